The Bertz CT molecular complexity index is 1060. The smallest absolute Gasteiger partial charge is 0.261 e. The summed E-state index contributed by atoms with van der Waals surface area (Å²) in [5.74, 6) is -0.818. The van der Waals surface area contributed by atoms with Crippen molar-refractivity contribution in [1.29, 1.82) is 0 Å². The average molecular weight is 384 g/mol. The lowest BCUT2D eigenvalue weighted by Crippen LogP contribution is -2.29. The second-order valence-corrected chi connectivity index (χ2v) is 7.05. The molecular formula is C24H20N2O3. The van der Waals surface area contributed by atoms with Gasteiger partial charge < -0.3 is 5.32 Å². The van der Waals surface area contributed by atoms with Crippen LogP contribution in [0, 0.1) is 0 Å². The van der Waals surface area contributed by atoms with Crippen molar-refractivity contribution in [1.82, 2.24) is 10.2 Å². The maximum absolute atomic E-state index is 12.7. The van der Waals surface area contributed by atoms with Crippen molar-refractivity contribution in [3.05, 3.63) is 107 Å². The van der Waals surface area contributed by atoms with Gasteiger partial charge in [-0.25, -0.2) is 0 Å². The Hall–Kier alpha value is -3.73. The number of carbonyl (C=O) groups is 3. The largest absolute Gasteiger partial charge is 0.346 e. The van der Waals surface area contributed by atoms with Gasteiger partial charge in [-0.15, -0.1) is 0 Å². The van der Waals surface area contributed by atoms with Crippen molar-refractivity contribution < 1.29 is 14.4 Å². The number of nitrogens with zero attached hydrogens (tertiary/aromatic N) is 1. The minimum Gasteiger partial charge on any atom is -0.346 e. The Labute approximate surface area is 169 Å². The fourth-order valence-corrected chi connectivity index (χ4v) is 3.48. The molecule has 29 heavy (non-hydrogen) atoms. The molecule has 0 aromatic heterocycles. The SMILES string of the molecule is C[C@@H](NC(=O)c1cccc(CN2C(=O)c3ccccc3C2=O)c1)c1ccccc1. The Morgan fingerprint density at radius 1 is 0.862 bits per heavy atom. The first-order chi connectivity index (χ1) is 14.0. The molecule has 0 saturated carbocycles. The van der Waals surface area contributed by atoms with E-state index < -0.39 is 0 Å². The van der Waals surface area contributed by atoms with E-state index >= 15 is 0 Å². The number of benzene rings is 3. The van der Waals surface area contributed by atoms with Crippen LogP contribution in [0.1, 0.15) is 55.2 Å². The molecule has 5 heteroatoms. The van der Waals surface area contributed by atoms with Gasteiger partial charge in [-0.05, 0) is 42.3 Å². The molecule has 1 atom stereocenters. The van der Waals surface area contributed by atoms with Crippen molar-refractivity contribution in [3.63, 3.8) is 0 Å². The number of imide groups is 1. The molecule has 1 aliphatic rings. The molecule has 0 saturated heterocycles. The first kappa shape index (κ1) is 18.6. The fourth-order valence-electron chi connectivity index (χ4n) is 3.48. The van der Waals surface area contributed by atoms with Crippen LogP contribution in [0.2, 0.25) is 0 Å². The van der Waals surface area contributed by atoms with E-state index in [0.29, 0.717) is 16.7 Å². The van der Waals surface area contributed by atoms with E-state index in [2.05, 4.69) is 5.32 Å². The number of amides is 3. The molecule has 5 nitrogen and oxygen atoms in total. The van der Waals surface area contributed by atoms with Gasteiger partial charge in [-0.1, -0.05) is 54.6 Å². The summed E-state index contributed by atoms with van der Waals surface area (Å²) in [6.07, 6.45) is 0. The summed E-state index contributed by atoms with van der Waals surface area (Å²) in [6, 6.07) is 23.4. The molecule has 0 unspecified atom stereocenters. The fraction of sp³-hybridized carbons (Fsp3) is 0.125. The van der Waals surface area contributed by atoms with Crippen LogP contribution in [0.5, 0.6) is 0 Å². The minimum absolute atomic E-state index is 0.127. The number of rotatable bonds is 5. The van der Waals surface area contributed by atoms with E-state index in [0.717, 1.165) is 11.1 Å². The van der Waals surface area contributed by atoms with Gasteiger partial charge in [0.1, 0.15) is 0 Å². The summed E-state index contributed by atoms with van der Waals surface area (Å²) in [5, 5.41) is 2.98. The zero-order valence-corrected chi connectivity index (χ0v) is 16.0. The number of carbonyl (C=O) groups excluding carboxylic acids is 3. The van der Waals surface area contributed by atoms with E-state index in [-0.39, 0.29) is 30.3 Å². The van der Waals surface area contributed by atoms with E-state index in [9.17, 15) is 14.4 Å². The van der Waals surface area contributed by atoms with Crippen molar-refractivity contribution in [2.75, 3.05) is 0 Å². The first-order valence-electron chi connectivity index (χ1n) is 9.44. The van der Waals surface area contributed by atoms with Crippen LogP contribution in [0.15, 0.2) is 78.9 Å². The minimum atomic E-state index is -0.307. The van der Waals surface area contributed by atoms with Crippen LogP contribution in [-0.4, -0.2) is 22.6 Å². The van der Waals surface area contributed by atoms with Gasteiger partial charge in [0, 0.05) is 5.56 Å². The summed E-state index contributed by atoms with van der Waals surface area (Å²) in [6.45, 7) is 2.05. The van der Waals surface area contributed by atoms with Gasteiger partial charge in [0.2, 0.25) is 0 Å². The third-order valence-corrected chi connectivity index (χ3v) is 5.06. The van der Waals surface area contributed by atoms with Crippen LogP contribution in [0.4, 0.5) is 0 Å². The van der Waals surface area contributed by atoms with Crippen LogP contribution in [0.25, 0.3) is 0 Å². The molecule has 0 aliphatic carbocycles. The summed E-state index contributed by atoms with van der Waals surface area (Å²) in [5.41, 5.74) is 3.07. The Kier molecular flexibility index (Phi) is 4.96. The van der Waals surface area contributed by atoms with Gasteiger partial charge in [0.25, 0.3) is 17.7 Å². The third kappa shape index (κ3) is 3.67. The van der Waals surface area contributed by atoms with E-state index in [1.807, 2.05) is 37.3 Å². The van der Waals surface area contributed by atoms with Crippen LogP contribution in [-0.2, 0) is 6.54 Å². The summed E-state index contributed by atoms with van der Waals surface area (Å²) in [7, 11) is 0. The van der Waals surface area contributed by atoms with Crippen molar-refractivity contribution >= 4 is 17.7 Å². The predicted octanol–water partition coefficient (Wildman–Crippen LogP) is 3.97. The molecule has 1 N–H and O–H groups in total. The van der Waals surface area contributed by atoms with Crippen LogP contribution >= 0.6 is 0 Å². The van der Waals surface area contributed by atoms with Gasteiger partial charge in [-0.2, -0.15) is 0 Å². The Morgan fingerprint density at radius 3 is 2.14 bits per heavy atom. The lowest BCUT2D eigenvalue weighted by atomic mass is 10.1. The highest BCUT2D eigenvalue weighted by molar-refractivity contribution is 6.21. The van der Waals surface area contributed by atoms with E-state index in [4.69, 9.17) is 0 Å². The molecule has 3 aromatic carbocycles. The molecular weight excluding hydrogens is 364 g/mol. The number of hydrogen-bond donors (Lipinski definition) is 1. The van der Waals surface area contributed by atoms with Gasteiger partial charge >= 0.3 is 0 Å². The topological polar surface area (TPSA) is 66.5 Å². The molecule has 0 radical (unpaired) electrons. The van der Waals surface area contributed by atoms with Gasteiger partial charge in [0.15, 0.2) is 0 Å². The molecule has 3 aromatic rings. The molecule has 144 valence electrons. The summed E-state index contributed by atoms with van der Waals surface area (Å²) >= 11 is 0. The maximum Gasteiger partial charge on any atom is 0.261 e. The molecule has 0 bridgehead atoms. The van der Waals surface area contributed by atoms with Crippen LogP contribution < -0.4 is 5.32 Å². The highest BCUT2D eigenvalue weighted by Crippen LogP contribution is 2.24. The second kappa shape index (κ2) is 7.72. The molecule has 3 amide bonds. The first-order valence-corrected chi connectivity index (χ1v) is 9.44. The monoisotopic (exact) mass is 384 g/mol. The van der Waals surface area contributed by atoms with Gasteiger partial charge in [-0.3, -0.25) is 19.3 Å². The number of nitrogens with one attached hydrogen (secondary N) is 1. The highest BCUT2D eigenvalue weighted by atomic mass is 16.2. The molecule has 0 spiro atoms. The summed E-state index contributed by atoms with van der Waals surface area (Å²) < 4.78 is 0. The normalized spacial score (nSPS) is 13.9. The maximum atomic E-state index is 12.7. The zero-order valence-electron chi connectivity index (χ0n) is 16.0. The lowest BCUT2D eigenvalue weighted by molar-refractivity contribution is 0.0642. The van der Waals surface area contributed by atoms with Crippen molar-refractivity contribution in [2.45, 2.75) is 19.5 Å². The highest BCUT2D eigenvalue weighted by Gasteiger charge is 2.35. The quantitative estimate of drug-likeness (QED) is 0.677. The van der Waals surface area contributed by atoms with E-state index in [1.54, 1.807) is 48.5 Å². The predicted molar refractivity (Wildman–Crippen MR) is 109 cm³/mol. The Morgan fingerprint density at radius 2 is 1.48 bits per heavy atom. The molecule has 4 rings (SSSR count). The molecule has 1 heterocycles. The van der Waals surface area contributed by atoms with Gasteiger partial charge in [0.05, 0.1) is 23.7 Å². The van der Waals surface area contributed by atoms with Crippen LogP contribution in [0.3, 0.4) is 0 Å². The third-order valence-electron chi connectivity index (χ3n) is 5.06. The Balaban J connectivity index is 1.49. The molecule has 0 fully saturated rings. The number of fused-ring (bicyclic) bond motifs is 1. The standard InChI is InChI=1S/C24H20N2O3/c1-16(18-9-3-2-4-10-18)25-22(27)19-11-7-8-17(14-19)15-26-23(28)20-12-5-6-13-21(20)24(26)29/h2-14,16H,15H2,1H3,(H,25,27)/t16-/m1/s1. The lowest BCUT2D eigenvalue weighted by Gasteiger charge is -2.16. The van der Waals surface area contributed by atoms with Crippen molar-refractivity contribution in [2.24, 2.45) is 0 Å². The average Bonchev–Trinajstić information content (AvgIpc) is 2.99. The molecule has 1 aliphatic heterocycles. The zero-order chi connectivity index (χ0) is 20.4. The van der Waals surface area contributed by atoms with Crippen molar-refractivity contribution in [3.8, 4) is 0 Å². The second-order valence-electron chi connectivity index (χ2n) is 7.05. The summed E-state index contributed by atoms with van der Waals surface area (Å²) in [4.78, 5) is 39.0. The number of hydrogen-bond acceptors (Lipinski definition) is 3. The van der Waals surface area contributed by atoms with E-state index in [1.165, 1.54) is 4.90 Å².